The Bertz CT molecular complexity index is 491. The molecule has 0 aliphatic heterocycles. The lowest BCUT2D eigenvalue weighted by Crippen LogP contribution is -2.26. The zero-order chi connectivity index (χ0) is 12.3. The van der Waals surface area contributed by atoms with Crippen molar-refractivity contribution in [3.05, 3.63) is 23.3 Å². The molecule has 0 N–H and O–H groups in total. The fourth-order valence-electron chi connectivity index (χ4n) is 1.34. The summed E-state index contributed by atoms with van der Waals surface area (Å²) in [4.78, 5) is 11.6. The first kappa shape index (κ1) is 13.0. The Labute approximate surface area is 100 Å². The second-order valence-corrected chi connectivity index (χ2v) is 4.53. The Morgan fingerprint density at radius 2 is 2.12 bits per heavy atom. The lowest BCUT2D eigenvalue weighted by Gasteiger charge is -2.17. The number of halogens is 1. The second kappa shape index (κ2) is 5.32. The maximum absolute atomic E-state index is 11.6. The van der Waals surface area contributed by atoms with E-state index in [1.54, 1.807) is 13.8 Å². The van der Waals surface area contributed by atoms with Crippen LogP contribution in [-0.2, 0) is 19.8 Å². The Morgan fingerprint density at radius 1 is 1.50 bits per heavy atom. The highest BCUT2D eigenvalue weighted by Crippen LogP contribution is 2.23. The SMILES string of the molecule is CCOC(=O)C1=C(C)C=CC(=S(=O)=O)C1Cl. The van der Waals surface area contributed by atoms with Gasteiger partial charge in [-0.05, 0) is 25.5 Å². The third kappa shape index (κ3) is 2.54. The minimum atomic E-state index is -2.43. The number of carbonyl (C=O) groups is 1. The van der Waals surface area contributed by atoms with Crippen molar-refractivity contribution in [3.8, 4) is 0 Å². The summed E-state index contributed by atoms with van der Waals surface area (Å²) in [5, 5.41) is -0.970. The molecule has 0 aromatic rings. The first-order chi connectivity index (χ1) is 7.49. The van der Waals surface area contributed by atoms with Gasteiger partial charge in [-0.2, -0.15) is 8.42 Å². The molecule has 0 heterocycles. The van der Waals surface area contributed by atoms with Gasteiger partial charge in [-0.15, -0.1) is 11.6 Å². The Morgan fingerprint density at radius 3 is 2.62 bits per heavy atom. The van der Waals surface area contributed by atoms with Crippen LogP contribution >= 0.6 is 11.6 Å². The lowest BCUT2D eigenvalue weighted by molar-refractivity contribution is -0.138. The van der Waals surface area contributed by atoms with Gasteiger partial charge in [0.1, 0.15) is 5.38 Å². The smallest absolute Gasteiger partial charge is 0.336 e. The number of rotatable bonds is 2. The molecule has 1 rings (SSSR count). The van der Waals surface area contributed by atoms with Gasteiger partial charge in [-0.3, -0.25) is 0 Å². The average Bonchev–Trinajstić information content (AvgIpc) is 2.17. The molecule has 1 aliphatic carbocycles. The summed E-state index contributed by atoms with van der Waals surface area (Å²) in [6, 6.07) is 0. The molecule has 1 unspecified atom stereocenters. The highest BCUT2D eigenvalue weighted by Gasteiger charge is 2.28. The number of carbonyl (C=O) groups excluding carboxylic acids is 1. The largest absolute Gasteiger partial charge is 0.463 e. The van der Waals surface area contributed by atoms with Gasteiger partial charge in [-0.1, -0.05) is 6.08 Å². The Hall–Kier alpha value is -1.07. The summed E-state index contributed by atoms with van der Waals surface area (Å²) >= 11 is 5.93. The molecular formula is C10H11ClO4S. The van der Waals surface area contributed by atoms with Crippen molar-refractivity contribution in [1.82, 2.24) is 0 Å². The number of alkyl halides is 1. The average molecular weight is 263 g/mol. The normalized spacial score (nSPS) is 19.9. The van der Waals surface area contributed by atoms with Crippen molar-refractivity contribution in [2.75, 3.05) is 6.61 Å². The third-order valence-corrected chi connectivity index (χ3v) is 3.45. The fraction of sp³-hybridized carbons (Fsp3) is 0.400. The van der Waals surface area contributed by atoms with E-state index in [0.717, 1.165) is 0 Å². The predicted octanol–water partition coefficient (Wildman–Crippen LogP) is 1.09. The van der Waals surface area contributed by atoms with Gasteiger partial charge in [0.15, 0.2) is 0 Å². The van der Waals surface area contributed by atoms with E-state index in [4.69, 9.17) is 16.3 Å². The molecule has 0 spiro atoms. The second-order valence-electron chi connectivity index (χ2n) is 3.15. The van der Waals surface area contributed by atoms with Crippen LogP contribution in [0.1, 0.15) is 13.8 Å². The number of ether oxygens (including phenoxy) is 1. The monoisotopic (exact) mass is 262 g/mol. The summed E-state index contributed by atoms with van der Waals surface area (Å²) < 4.78 is 26.5. The van der Waals surface area contributed by atoms with E-state index >= 15 is 0 Å². The zero-order valence-corrected chi connectivity index (χ0v) is 10.4. The molecule has 0 radical (unpaired) electrons. The van der Waals surface area contributed by atoms with E-state index in [1.165, 1.54) is 12.2 Å². The third-order valence-electron chi connectivity index (χ3n) is 2.11. The van der Waals surface area contributed by atoms with Crippen LogP contribution in [0.25, 0.3) is 0 Å². The number of hydrogen-bond donors (Lipinski definition) is 0. The van der Waals surface area contributed by atoms with E-state index in [2.05, 4.69) is 0 Å². The Balaban J connectivity index is 3.21. The zero-order valence-electron chi connectivity index (χ0n) is 8.86. The van der Waals surface area contributed by atoms with Crippen LogP contribution in [0, 0.1) is 0 Å². The van der Waals surface area contributed by atoms with E-state index in [-0.39, 0.29) is 17.0 Å². The molecule has 0 bridgehead atoms. The van der Waals surface area contributed by atoms with Crippen LogP contribution < -0.4 is 0 Å². The van der Waals surface area contributed by atoms with Crippen molar-refractivity contribution in [3.63, 3.8) is 0 Å². The lowest BCUT2D eigenvalue weighted by atomic mass is 9.98. The molecule has 0 amide bonds. The van der Waals surface area contributed by atoms with Crippen LogP contribution in [0.4, 0.5) is 0 Å². The van der Waals surface area contributed by atoms with Gasteiger partial charge in [0.05, 0.1) is 17.0 Å². The van der Waals surface area contributed by atoms with Gasteiger partial charge in [0.25, 0.3) is 0 Å². The molecule has 1 aliphatic rings. The maximum atomic E-state index is 11.6. The highest BCUT2D eigenvalue weighted by molar-refractivity contribution is 7.73. The number of hydrogen-bond acceptors (Lipinski definition) is 4. The van der Waals surface area contributed by atoms with Crippen LogP contribution in [0.2, 0.25) is 0 Å². The molecule has 0 aromatic heterocycles. The van der Waals surface area contributed by atoms with Crippen molar-refractivity contribution in [2.45, 2.75) is 19.2 Å². The molecule has 88 valence electrons. The van der Waals surface area contributed by atoms with Gasteiger partial charge in [0.2, 0.25) is 10.3 Å². The number of allylic oxidation sites excluding steroid dienone is 3. The van der Waals surface area contributed by atoms with E-state index in [1.807, 2.05) is 0 Å². The molecule has 0 saturated carbocycles. The summed E-state index contributed by atoms with van der Waals surface area (Å²) in [7, 11) is -2.43. The minimum Gasteiger partial charge on any atom is -0.463 e. The van der Waals surface area contributed by atoms with E-state index in [9.17, 15) is 13.2 Å². The van der Waals surface area contributed by atoms with E-state index in [0.29, 0.717) is 5.57 Å². The summed E-state index contributed by atoms with van der Waals surface area (Å²) in [6.45, 7) is 3.58. The van der Waals surface area contributed by atoms with Gasteiger partial charge in [0, 0.05) is 0 Å². The predicted molar refractivity (Wildman–Crippen MR) is 62.0 cm³/mol. The summed E-state index contributed by atoms with van der Waals surface area (Å²) in [5.41, 5.74) is 0.804. The standard InChI is InChI=1S/C10H11ClO4S/c1-3-15-10(12)8-6(2)4-5-7(9(8)11)16(13)14/h4-5,9H,3H2,1-2H3. The molecule has 16 heavy (non-hydrogen) atoms. The van der Waals surface area contributed by atoms with Gasteiger partial charge in [-0.25, -0.2) is 4.79 Å². The van der Waals surface area contributed by atoms with Crippen molar-refractivity contribution >= 4 is 32.7 Å². The van der Waals surface area contributed by atoms with E-state index < -0.39 is 21.6 Å². The van der Waals surface area contributed by atoms with Crippen LogP contribution in [-0.4, -0.2) is 31.2 Å². The van der Waals surface area contributed by atoms with Gasteiger partial charge >= 0.3 is 5.97 Å². The first-order valence-corrected chi connectivity index (χ1v) is 6.16. The van der Waals surface area contributed by atoms with Crippen LogP contribution in [0.5, 0.6) is 0 Å². The van der Waals surface area contributed by atoms with Gasteiger partial charge < -0.3 is 4.74 Å². The molecule has 6 heteroatoms. The molecule has 4 nitrogen and oxygen atoms in total. The summed E-state index contributed by atoms with van der Waals surface area (Å²) in [5.74, 6) is -0.577. The minimum absolute atomic E-state index is 0.0182. The number of esters is 1. The summed E-state index contributed by atoms with van der Waals surface area (Å²) in [6.07, 6.45) is 2.93. The highest BCUT2D eigenvalue weighted by atomic mass is 35.5. The molecule has 0 fully saturated rings. The fourth-order valence-corrected chi connectivity index (χ4v) is 2.35. The van der Waals surface area contributed by atoms with Crippen LogP contribution in [0.3, 0.4) is 0 Å². The molecule has 1 atom stereocenters. The van der Waals surface area contributed by atoms with Crippen molar-refractivity contribution < 1.29 is 17.9 Å². The van der Waals surface area contributed by atoms with Crippen LogP contribution in [0.15, 0.2) is 23.3 Å². The molecule has 0 saturated heterocycles. The Kier molecular flexibility index (Phi) is 4.32. The molecule has 0 aromatic carbocycles. The first-order valence-electron chi connectivity index (χ1n) is 4.65. The van der Waals surface area contributed by atoms with Crippen molar-refractivity contribution in [2.24, 2.45) is 0 Å². The molecular weight excluding hydrogens is 252 g/mol. The topological polar surface area (TPSA) is 60.4 Å². The maximum Gasteiger partial charge on any atom is 0.336 e. The van der Waals surface area contributed by atoms with Crippen molar-refractivity contribution in [1.29, 1.82) is 0 Å². The quantitative estimate of drug-likeness (QED) is 0.425.